The molecule has 0 aromatic carbocycles. The summed E-state index contributed by atoms with van der Waals surface area (Å²) in [6.07, 6.45) is 0.941. The molecule has 1 unspecified atom stereocenters. The lowest BCUT2D eigenvalue weighted by Crippen LogP contribution is -2.29. The van der Waals surface area contributed by atoms with E-state index in [9.17, 15) is 0 Å². The third-order valence-corrected chi connectivity index (χ3v) is 3.79. The summed E-state index contributed by atoms with van der Waals surface area (Å²) in [6, 6.07) is 0.191. The highest BCUT2D eigenvalue weighted by Crippen LogP contribution is 2.20. The first-order valence-corrected chi connectivity index (χ1v) is 6.23. The Bertz CT molecular complexity index is 263. The smallest absolute Gasteiger partial charge is 0.170 e. The first-order valence-electron chi connectivity index (χ1n) is 4.47. The van der Waals surface area contributed by atoms with Crippen LogP contribution in [0.15, 0.2) is 4.34 Å². The number of hydrogen-bond acceptors (Lipinski definition) is 6. The monoisotopic (exact) mass is 233 g/mol. The zero-order valence-corrected chi connectivity index (χ0v) is 9.99. The molecule has 0 fully saturated rings. The molecule has 2 N–H and O–H groups in total. The molecule has 0 saturated heterocycles. The average molecular weight is 233 g/mol. The standard InChI is InChI=1S/C8H15N3OS2/c1-6-10-8(14-11-6)13-4-3-7(5-12)9-2/h7,9,12H,3-5H2,1-2H3. The lowest BCUT2D eigenvalue weighted by Gasteiger charge is -2.10. The summed E-state index contributed by atoms with van der Waals surface area (Å²) >= 11 is 3.13. The van der Waals surface area contributed by atoms with Crippen LogP contribution in [0.4, 0.5) is 0 Å². The number of aryl methyl sites for hydroxylation is 1. The second kappa shape index (κ2) is 6.34. The lowest BCUT2D eigenvalue weighted by molar-refractivity contribution is 0.246. The first kappa shape index (κ1) is 11.9. The fourth-order valence-corrected chi connectivity index (χ4v) is 2.72. The predicted octanol–water partition coefficient (Wildman–Crippen LogP) is 0.909. The van der Waals surface area contributed by atoms with Gasteiger partial charge < -0.3 is 10.4 Å². The summed E-state index contributed by atoms with van der Waals surface area (Å²) in [5.74, 6) is 1.80. The number of thioether (sulfide) groups is 1. The zero-order valence-electron chi connectivity index (χ0n) is 8.36. The maximum atomic E-state index is 8.93. The quantitative estimate of drug-likeness (QED) is 0.715. The average Bonchev–Trinajstić information content (AvgIpc) is 2.59. The maximum Gasteiger partial charge on any atom is 0.170 e. The van der Waals surface area contributed by atoms with E-state index in [1.54, 1.807) is 11.8 Å². The number of nitrogens with zero attached hydrogens (tertiary/aromatic N) is 2. The normalized spacial score (nSPS) is 13.1. The number of likely N-dealkylation sites (N-methyl/N-ethyl adjacent to an activating group) is 1. The van der Waals surface area contributed by atoms with Gasteiger partial charge in [0.15, 0.2) is 4.34 Å². The van der Waals surface area contributed by atoms with Gasteiger partial charge in [-0.25, -0.2) is 4.98 Å². The van der Waals surface area contributed by atoms with Gasteiger partial charge >= 0.3 is 0 Å². The van der Waals surface area contributed by atoms with E-state index in [0.717, 1.165) is 22.3 Å². The van der Waals surface area contributed by atoms with Gasteiger partial charge in [0.2, 0.25) is 0 Å². The number of rotatable bonds is 6. The van der Waals surface area contributed by atoms with E-state index in [0.29, 0.717) is 0 Å². The van der Waals surface area contributed by atoms with Gasteiger partial charge in [0.05, 0.1) is 6.61 Å². The Hall–Kier alpha value is -0.170. The van der Waals surface area contributed by atoms with Crippen molar-refractivity contribution in [1.29, 1.82) is 0 Å². The number of hydrogen-bond donors (Lipinski definition) is 2. The molecule has 0 spiro atoms. The van der Waals surface area contributed by atoms with Crippen LogP contribution in [-0.2, 0) is 0 Å². The Kier molecular flexibility index (Phi) is 5.39. The van der Waals surface area contributed by atoms with Crippen LogP contribution in [0.2, 0.25) is 0 Å². The highest BCUT2D eigenvalue weighted by Gasteiger charge is 2.05. The van der Waals surface area contributed by atoms with Crippen molar-refractivity contribution in [2.75, 3.05) is 19.4 Å². The van der Waals surface area contributed by atoms with E-state index in [1.165, 1.54) is 11.5 Å². The lowest BCUT2D eigenvalue weighted by atomic mass is 10.2. The Morgan fingerprint density at radius 1 is 1.64 bits per heavy atom. The fourth-order valence-electron chi connectivity index (χ4n) is 0.952. The van der Waals surface area contributed by atoms with Crippen molar-refractivity contribution in [2.45, 2.75) is 23.7 Å². The second-order valence-electron chi connectivity index (χ2n) is 2.91. The largest absolute Gasteiger partial charge is 0.395 e. The molecule has 1 aromatic rings. The van der Waals surface area contributed by atoms with Crippen molar-refractivity contribution in [3.63, 3.8) is 0 Å². The van der Waals surface area contributed by atoms with Gasteiger partial charge in [0, 0.05) is 11.8 Å². The molecule has 4 nitrogen and oxygen atoms in total. The minimum absolute atomic E-state index is 0.187. The fraction of sp³-hybridized carbons (Fsp3) is 0.750. The number of nitrogens with one attached hydrogen (secondary N) is 1. The van der Waals surface area contributed by atoms with Crippen LogP contribution in [0, 0.1) is 6.92 Å². The van der Waals surface area contributed by atoms with Crippen molar-refractivity contribution in [2.24, 2.45) is 0 Å². The van der Waals surface area contributed by atoms with E-state index in [4.69, 9.17) is 5.11 Å². The van der Waals surface area contributed by atoms with E-state index in [-0.39, 0.29) is 12.6 Å². The van der Waals surface area contributed by atoms with Crippen LogP contribution >= 0.6 is 23.3 Å². The van der Waals surface area contributed by atoms with Gasteiger partial charge in [0.1, 0.15) is 5.82 Å². The number of aliphatic hydroxyl groups excluding tert-OH is 1. The van der Waals surface area contributed by atoms with Crippen LogP contribution < -0.4 is 5.32 Å². The third kappa shape index (κ3) is 3.91. The third-order valence-electron chi connectivity index (χ3n) is 1.83. The summed E-state index contributed by atoms with van der Waals surface area (Å²) in [7, 11) is 1.86. The van der Waals surface area contributed by atoms with Crippen molar-refractivity contribution in [1.82, 2.24) is 14.7 Å². The molecule has 0 bridgehead atoms. The highest BCUT2D eigenvalue weighted by molar-refractivity contribution is 8.00. The summed E-state index contributed by atoms with van der Waals surface area (Å²) in [5, 5.41) is 12.0. The van der Waals surface area contributed by atoms with E-state index in [2.05, 4.69) is 14.7 Å². The van der Waals surface area contributed by atoms with Crippen molar-refractivity contribution in [3.8, 4) is 0 Å². The molecule has 80 valence electrons. The second-order valence-corrected chi connectivity index (χ2v) is 5.01. The molecule has 14 heavy (non-hydrogen) atoms. The van der Waals surface area contributed by atoms with E-state index >= 15 is 0 Å². The molecule has 1 aromatic heterocycles. The predicted molar refractivity (Wildman–Crippen MR) is 59.9 cm³/mol. The van der Waals surface area contributed by atoms with Crippen LogP contribution in [0.3, 0.4) is 0 Å². The molecule has 1 heterocycles. The summed E-state index contributed by atoms with van der Waals surface area (Å²) < 4.78 is 5.11. The van der Waals surface area contributed by atoms with Crippen molar-refractivity contribution < 1.29 is 5.11 Å². The highest BCUT2D eigenvalue weighted by atomic mass is 32.2. The van der Waals surface area contributed by atoms with E-state index < -0.39 is 0 Å². The van der Waals surface area contributed by atoms with Crippen molar-refractivity contribution in [3.05, 3.63) is 5.82 Å². The van der Waals surface area contributed by atoms with Gasteiger partial charge in [-0.15, -0.1) is 0 Å². The Balaban J connectivity index is 2.21. The Morgan fingerprint density at radius 2 is 2.43 bits per heavy atom. The molecule has 0 aliphatic heterocycles. The Morgan fingerprint density at radius 3 is 2.93 bits per heavy atom. The SMILES string of the molecule is CNC(CO)CCSc1nc(C)ns1. The molecule has 1 atom stereocenters. The molecule has 0 aliphatic carbocycles. The summed E-state index contributed by atoms with van der Waals surface area (Å²) in [5.41, 5.74) is 0. The molecule has 0 radical (unpaired) electrons. The molecule has 1 rings (SSSR count). The van der Waals surface area contributed by atoms with Crippen molar-refractivity contribution >= 4 is 23.3 Å². The summed E-state index contributed by atoms with van der Waals surface area (Å²) in [4.78, 5) is 4.25. The Labute approximate surface area is 92.3 Å². The minimum atomic E-state index is 0.187. The topological polar surface area (TPSA) is 58.0 Å². The zero-order chi connectivity index (χ0) is 10.4. The first-order chi connectivity index (χ1) is 6.76. The molecular weight excluding hydrogens is 218 g/mol. The van der Waals surface area contributed by atoms with Gasteiger partial charge in [-0.3, -0.25) is 0 Å². The van der Waals surface area contributed by atoms with Crippen LogP contribution in [0.1, 0.15) is 12.2 Å². The molecule has 0 aliphatic rings. The van der Waals surface area contributed by atoms with E-state index in [1.807, 2.05) is 14.0 Å². The van der Waals surface area contributed by atoms with Gasteiger partial charge in [-0.2, -0.15) is 4.37 Å². The van der Waals surface area contributed by atoms with Gasteiger partial charge in [-0.1, -0.05) is 11.8 Å². The van der Waals surface area contributed by atoms with Crippen LogP contribution in [-0.4, -0.2) is 39.9 Å². The minimum Gasteiger partial charge on any atom is -0.395 e. The molecule has 0 saturated carbocycles. The van der Waals surface area contributed by atoms with Gasteiger partial charge in [-0.05, 0) is 31.9 Å². The maximum absolute atomic E-state index is 8.93. The summed E-state index contributed by atoms with van der Waals surface area (Å²) in [6.45, 7) is 2.08. The molecule has 6 heteroatoms. The molecule has 0 amide bonds. The van der Waals surface area contributed by atoms with Crippen LogP contribution in [0.25, 0.3) is 0 Å². The molecular formula is C8H15N3OS2. The number of aliphatic hydroxyl groups is 1. The van der Waals surface area contributed by atoms with Gasteiger partial charge in [0.25, 0.3) is 0 Å². The van der Waals surface area contributed by atoms with Crippen LogP contribution in [0.5, 0.6) is 0 Å². The number of aromatic nitrogens is 2.